The van der Waals surface area contributed by atoms with Gasteiger partial charge in [-0.3, -0.25) is 0 Å². The molecule has 1 nitrogen and oxygen atoms in total. The minimum absolute atomic E-state index is 0.0225. The Hall–Kier alpha value is -1.26. The molecule has 1 aromatic carbocycles. The Labute approximate surface area is 153 Å². The lowest BCUT2D eigenvalue weighted by Crippen LogP contribution is -2.55. The summed E-state index contributed by atoms with van der Waals surface area (Å²) in [6.45, 7) is 9.93. The normalized spacial score (nSPS) is 42.0. The zero-order valence-corrected chi connectivity index (χ0v) is 16.3. The van der Waals surface area contributed by atoms with Gasteiger partial charge in [0.2, 0.25) is 0 Å². The molecule has 0 aromatic heterocycles. The topological polar surface area (TPSA) is 9.23 Å². The van der Waals surface area contributed by atoms with Gasteiger partial charge in [0, 0.05) is 5.56 Å². The zero-order valence-electron chi connectivity index (χ0n) is 16.3. The van der Waals surface area contributed by atoms with Crippen molar-refractivity contribution < 1.29 is 4.74 Å². The van der Waals surface area contributed by atoms with E-state index >= 15 is 0 Å². The first kappa shape index (κ1) is 17.2. The van der Waals surface area contributed by atoms with Crippen LogP contribution in [-0.2, 0) is 4.74 Å². The van der Waals surface area contributed by atoms with Crippen LogP contribution >= 0.6 is 0 Å². The number of ether oxygens (including phenoxy) is 1. The molecule has 1 heteroatoms. The molecular weight excluding hydrogens is 304 g/mol. The fourth-order valence-corrected chi connectivity index (χ4v) is 6.63. The molecule has 1 heterocycles. The van der Waals surface area contributed by atoms with Crippen molar-refractivity contribution in [3.8, 4) is 11.8 Å². The molecule has 25 heavy (non-hydrogen) atoms. The third-order valence-corrected chi connectivity index (χ3v) is 7.75. The van der Waals surface area contributed by atoms with Gasteiger partial charge in [0.05, 0.1) is 5.60 Å². The zero-order chi connectivity index (χ0) is 17.7. The molecule has 1 aromatic rings. The van der Waals surface area contributed by atoms with Crippen LogP contribution in [0.1, 0.15) is 71.8 Å². The molecule has 3 aliphatic rings. The van der Waals surface area contributed by atoms with Gasteiger partial charge < -0.3 is 4.74 Å². The van der Waals surface area contributed by atoms with Crippen molar-refractivity contribution >= 4 is 0 Å². The fourth-order valence-electron chi connectivity index (χ4n) is 6.63. The van der Waals surface area contributed by atoms with E-state index in [1.165, 1.54) is 32.1 Å². The average molecular weight is 337 g/mol. The SMILES string of the molecule is CC1(C)CCC[C@]2(C)[C@H]3C[C@H](C#Cc4ccccc4)O[C@]3(C)CC[C@@H]12. The molecule has 4 rings (SSSR count). The minimum Gasteiger partial charge on any atom is -0.359 e. The molecule has 0 unspecified atom stereocenters. The molecular formula is C24H32O. The van der Waals surface area contributed by atoms with E-state index in [-0.39, 0.29) is 11.7 Å². The summed E-state index contributed by atoms with van der Waals surface area (Å²) in [6, 6.07) is 10.3. The summed E-state index contributed by atoms with van der Waals surface area (Å²) in [7, 11) is 0. The second-order valence-electron chi connectivity index (χ2n) is 9.78. The van der Waals surface area contributed by atoms with Crippen molar-refractivity contribution in [1.82, 2.24) is 0 Å². The quantitative estimate of drug-likeness (QED) is 0.542. The molecule has 3 fully saturated rings. The van der Waals surface area contributed by atoms with Gasteiger partial charge in [0.15, 0.2) is 0 Å². The minimum atomic E-state index is 0.0225. The predicted molar refractivity (Wildman–Crippen MR) is 103 cm³/mol. The summed E-state index contributed by atoms with van der Waals surface area (Å²) in [5.41, 5.74) is 2.00. The molecule has 2 aliphatic carbocycles. The lowest BCUT2D eigenvalue weighted by Gasteiger charge is -2.60. The van der Waals surface area contributed by atoms with E-state index in [0.717, 1.165) is 17.9 Å². The first-order valence-electron chi connectivity index (χ1n) is 10.1. The standard InChI is InChI=1S/C24H32O/c1-22(2)14-8-15-23(3)20(22)13-16-24(4)21(23)17-19(25-24)12-11-18-9-6-5-7-10-18/h5-7,9-10,19-21H,8,13-17H2,1-4H3/t19-,20-,21+,23-,24+/m0/s1. The molecule has 1 aliphatic heterocycles. The number of rotatable bonds is 0. The van der Waals surface area contributed by atoms with Gasteiger partial charge in [-0.15, -0.1) is 0 Å². The maximum atomic E-state index is 6.58. The maximum absolute atomic E-state index is 6.58. The van der Waals surface area contributed by atoms with E-state index in [2.05, 4.69) is 63.8 Å². The third-order valence-electron chi connectivity index (χ3n) is 7.75. The Morgan fingerprint density at radius 3 is 2.48 bits per heavy atom. The molecule has 1 saturated heterocycles. The van der Waals surface area contributed by atoms with Crippen LogP contribution in [0, 0.1) is 34.5 Å². The van der Waals surface area contributed by atoms with Crippen LogP contribution in [0.5, 0.6) is 0 Å². The van der Waals surface area contributed by atoms with Gasteiger partial charge >= 0.3 is 0 Å². The summed E-state index contributed by atoms with van der Waals surface area (Å²) < 4.78 is 6.58. The van der Waals surface area contributed by atoms with Gasteiger partial charge in [0.25, 0.3) is 0 Å². The first-order chi connectivity index (χ1) is 11.8. The summed E-state index contributed by atoms with van der Waals surface area (Å²) in [6.07, 6.45) is 7.83. The Morgan fingerprint density at radius 1 is 0.960 bits per heavy atom. The largest absolute Gasteiger partial charge is 0.359 e. The molecule has 134 valence electrons. The van der Waals surface area contributed by atoms with Crippen molar-refractivity contribution in [2.45, 2.75) is 77.9 Å². The average Bonchev–Trinajstić information content (AvgIpc) is 2.91. The molecule has 0 N–H and O–H groups in total. The number of hydrogen-bond donors (Lipinski definition) is 0. The van der Waals surface area contributed by atoms with Gasteiger partial charge in [0.1, 0.15) is 6.10 Å². The molecule has 5 atom stereocenters. The highest BCUT2D eigenvalue weighted by molar-refractivity contribution is 5.35. The van der Waals surface area contributed by atoms with Crippen LogP contribution in [0.3, 0.4) is 0 Å². The van der Waals surface area contributed by atoms with Gasteiger partial charge in [-0.1, -0.05) is 57.2 Å². The van der Waals surface area contributed by atoms with Crippen LogP contribution in [0.4, 0.5) is 0 Å². The number of benzene rings is 1. The van der Waals surface area contributed by atoms with Crippen LogP contribution in [-0.4, -0.2) is 11.7 Å². The van der Waals surface area contributed by atoms with Crippen molar-refractivity contribution in [2.24, 2.45) is 22.7 Å². The Bertz CT molecular complexity index is 694. The van der Waals surface area contributed by atoms with Crippen LogP contribution < -0.4 is 0 Å². The highest BCUT2D eigenvalue weighted by Gasteiger charge is 2.61. The van der Waals surface area contributed by atoms with E-state index < -0.39 is 0 Å². The van der Waals surface area contributed by atoms with Crippen molar-refractivity contribution in [3.63, 3.8) is 0 Å². The molecule has 0 spiro atoms. The summed E-state index contributed by atoms with van der Waals surface area (Å²) in [4.78, 5) is 0. The van der Waals surface area contributed by atoms with Crippen molar-refractivity contribution in [2.75, 3.05) is 0 Å². The summed E-state index contributed by atoms with van der Waals surface area (Å²) in [5.74, 6) is 8.26. The lowest BCUT2D eigenvalue weighted by molar-refractivity contribution is -0.151. The second-order valence-corrected chi connectivity index (χ2v) is 9.78. The summed E-state index contributed by atoms with van der Waals surface area (Å²) >= 11 is 0. The van der Waals surface area contributed by atoms with E-state index in [9.17, 15) is 0 Å². The van der Waals surface area contributed by atoms with E-state index in [1.54, 1.807) is 0 Å². The van der Waals surface area contributed by atoms with Crippen LogP contribution in [0.25, 0.3) is 0 Å². The monoisotopic (exact) mass is 336 g/mol. The number of hydrogen-bond acceptors (Lipinski definition) is 1. The lowest BCUT2D eigenvalue weighted by atomic mass is 9.45. The summed E-state index contributed by atoms with van der Waals surface area (Å²) in [5, 5.41) is 0. The third kappa shape index (κ3) is 2.83. The molecule has 0 amide bonds. The number of fused-ring (bicyclic) bond motifs is 3. The Morgan fingerprint density at radius 2 is 1.72 bits per heavy atom. The van der Waals surface area contributed by atoms with Crippen molar-refractivity contribution in [1.29, 1.82) is 0 Å². The van der Waals surface area contributed by atoms with Gasteiger partial charge in [-0.2, -0.15) is 0 Å². The molecule has 0 radical (unpaired) electrons. The Balaban J connectivity index is 1.59. The van der Waals surface area contributed by atoms with Crippen LogP contribution in [0.15, 0.2) is 30.3 Å². The molecule has 0 bridgehead atoms. The van der Waals surface area contributed by atoms with E-state index in [0.29, 0.717) is 16.7 Å². The molecule has 2 saturated carbocycles. The fraction of sp³-hybridized carbons (Fsp3) is 0.667. The van der Waals surface area contributed by atoms with E-state index in [4.69, 9.17) is 4.74 Å². The first-order valence-corrected chi connectivity index (χ1v) is 10.1. The van der Waals surface area contributed by atoms with Gasteiger partial charge in [-0.25, -0.2) is 0 Å². The Kier molecular flexibility index (Phi) is 4.04. The van der Waals surface area contributed by atoms with Crippen LogP contribution in [0.2, 0.25) is 0 Å². The highest BCUT2D eigenvalue weighted by atomic mass is 16.5. The predicted octanol–water partition coefficient (Wildman–Crippen LogP) is 5.83. The van der Waals surface area contributed by atoms with Gasteiger partial charge in [-0.05, 0) is 73.8 Å². The van der Waals surface area contributed by atoms with E-state index in [1.807, 2.05) is 6.07 Å². The highest BCUT2D eigenvalue weighted by Crippen LogP contribution is 2.65. The maximum Gasteiger partial charge on any atom is 0.119 e. The second kappa shape index (κ2) is 5.88. The van der Waals surface area contributed by atoms with Crippen molar-refractivity contribution in [3.05, 3.63) is 35.9 Å². The smallest absolute Gasteiger partial charge is 0.119 e.